The van der Waals surface area contributed by atoms with E-state index in [9.17, 15) is 5.11 Å². The summed E-state index contributed by atoms with van der Waals surface area (Å²) >= 11 is 0. The summed E-state index contributed by atoms with van der Waals surface area (Å²) in [7, 11) is 0. The fourth-order valence-electron chi connectivity index (χ4n) is 2.77. The molecule has 2 aliphatic carbocycles. The van der Waals surface area contributed by atoms with E-state index in [0.29, 0.717) is 5.92 Å². The Bertz CT molecular complexity index is 288. The van der Waals surface area contributed by atoms with Crippen LogP contribution in [-0.4, -0.2) is 11.2 Å². The molecule has 1 nitrogen and oxygen atoms in total. The molecule has 0 radical (unpaired) electrons. The molecule has 0 aromatic carbocycles. The topological polar surface area (TPSA) is 20.2 Å². The molecular formula is C13H20O. The molecule has 2 aliphatic rings. The van der Waals surface area contributed by atoms with Crippen LogP contribution in [0.5, 0.6) is 0 Å². The van der Waals surface area contributed by atoms with E-state index >= 15 is 0 Å². The van der Waals surface area contributed by atoms with Crippen molar-refractivity contribution < 1.29 is 5.11 Å². The van der Waals surface area contributed by atoms with Gasteiger partial charge in [-0.25, -0.2) is 0 Å². The minimum atomic E-state index is -0.332. The minimum absolute atomic E-state index is 0.332. The SMILES string of the molecule is C=C1C(C)CC2=C(CCC(C)C2)C1O. The molecule has 0 fully saturated rings. The lowest BCUT2D eigenvalue weighted by Gasteiger charge is -2.36. The van der Waals surface area contributed by atoms with Gasteiger partial charge in [-0.05, 0) is 48.7 Å². The zero-order valence-corrected chi connectivity index (χ0v) is 9.21. The molecule has 2 rings (SSSR count). The van der Waals surface area contributed by atoms with Crippen molar-refractivity contribution >= 4 is 0 Å². The summed E-state index contributed by atoms with van der Waals surface area (Å²) in [4.78, 5) is 0. The van der Waals surface area contributed by atoms with Gasteiger partial charge in [0.05, 0.1) is 6.10 Å². The fraction of sp³-hybridized carbons (Fsp3) is 0.692. The van der Waals surface area contributed by atoms with Gasteiger partial charge in [0.2, 0.25) is 0 Å². The van der Waals surface area contributed by atoms with Crippen LogP contribution in [0.4, 0.5) is 0 Å². The third kappa shape index (κ3) is 1.54. The molecule has 0 aromatic rings. The van der Waals surface area contributed by atoms with Crippen molar-refractivity contribution in [3.05, 3.63) is 23.3 Å². The second-order valence-corrected chi connectivity index (χ2v) is 5.06. The lowest BCUT2D eigenvalue weighted by atomic mass is 9.72. The van der Waals surface area contributed by atoms with Crippen LogP contribution in [-0.2, 0) is 0 Å². The van der Waals surface area contributed by atoms with Crippen LogP contribution in [0, 0.1) is 11.8 Å². The lowest BCUT2D eigenvalue weighted by molar-refractivity contribution is 0.210. The first-order chi connectivity index (χ1) is 6.59. The van der Waals surface area contributed by atoms with E-state index in [1.165, 1.54) is 24.0 Å². The van der Waals surface area contributed by atoms with Gasteiger partial charge in [-0.1, -0.05) is 26.0 Å². The maximum atomic E-state index is 10.1. The van der Waals surface area contributed by atoms with E-state index in [1.807, 2.05) is 0 Å². The standard InChI is InChI=1S/C13H20O/c1-8-4-5-12-11(6-8)7-9(2)10(3)13(12)14/h8-9,13-14H,3-7H2,1-2H3. The Kier molecular flexibility index (Phi) is 2.52. The maximum absolute atomic E-state index is 10.1. The predicted molar refractivity (Wildman–Crippen MR) is 59.0 cm³/mol. The summed E-state index contributed by atoms with van der Waals surface area (Å²) in [5.41, 5.74) is 3.85. The average molecular weight is 192 g/mol. The number of hydrogen-bond donors (Lipinski definition) is 1. The lowest BCUT2D eigenvalue weighted by Crippen LogP contribution is -2.28. The molecule has 0 heterocycles. The molecule has 0 aliphatic heterocycles. The van der Waals surface area contributed by atoms with Crippen LogP contribution >= 0.6 is 0 Å². The number of aliphatic hydroxyl groups excluding tert-OH is 1. The molecule has 3 unspecified atom stereocenters. The van der Waals surface area contributed by atoms with Gasteiger partial charge in [-0.2, -0.15) is 0 Å². The van der Waals surface area contributed by atoms with Gasteiger partial charge in [-0.15, -0.1) is 0 Å². The van der Waals surface area contributed by atoms with E-state index < -0.39 is 0 Å². The quantitative estimate of drug-likeness (QED) is 0.585. The zero-order valence-electron chi connectivity index (χ0n) is 9.21. The van der Waals surface area contributed by atoms with Crippen LogP contribution in [0.25, 0.3) is 0 Å². The van der Waals surface area contributed by atoms with Gasteiger partial charge in [0.15, 0.2) is 0 Å². The number of rotatable bonds is 0. The van der Waals surface area contributed by atoms with Crippen molar-refractivity contribution in [1.29, 1.82) is 0 Å². The summed E-state index contributed by atoms with van der Waals surface area (Å²) < 4.78 is 0. The zero-order chi connectivity index (χ0) is 10.3. The Morgan fingerprint density at radius 3 is 2.71 bits per heavy atom. The first-order valence-electron chi connectivity index (χ1n) is 5.67. The number of allylic oxidation sites excluding steroid dienone is 1. The van der Waals surface area contributed by atoms with Crippen LogP contribution in [0.2, 0.25) is 0 Å². The Morgan fingerprint density at radius 2 is 2.00 bits per heavy atom. The number of aliphatic hydroxyl groups is 1. The van der Waals surface area contributed by atoms with Crippen molar-refractivity contribution in [3.63, 3.8) is 0 Å². The van der Waals surface area contributed by atoms with Crippen LogP contribution in [0.1, 0.15) is 39.5 Å². The molecule has 0 saturated heterocycles. The Hall–Kier alpha value is -0.560. The van der Waals surface area contributed by atoms with E-state index in [-0.39, 0.29) is 6.10 Å². The monoisotopic (exact) mass is 192 g/mol. The van der Waals surface area contributed by atoms with E-state index in [4.69, 9.17) is 0 Å². The molecule has 0 spiro atoms. The highest BCUT2D eigenvalue weighted by molar-refractivity contribution is 5.34. The molecule has 78 valence electrons. The second kappa shape index (κ2) is 3.54. The summed E-state index contributed by atoms with van der Waals surface area (Å²) in [5.74, 6) is 1.27. The number of hydrogen-bond acceptors (Lipinski definition) is 1. The van der Waals surface area contributed by atoms with Crippen molar-refractivity contribution in [2.24, 2.45) is 11.8 Å². The van der Waals surface area contributed by atoms with Gasteiger partial charge in [0.25, 0.3) is 0 Å². The molecule has 1 heteroatoms. The Morgan fingerprint density at radius 1 is 1.29 bits per heavy atom. The highest BCUT2D eigenvalue weighted by Gasteiger charge is 2.31. The molecule has 3 atom stereocenters. The second-order valence-electron chi connectivity index (χ2n) is 5.06. The molecule has 0 bridgehead atoms. The third-order valence-corrected chi connectivity index (χ3v) is 3.82. The van der Waals surface area contributed by atoms with Gasteiger partial charge >= 0.3 is 0 Å². The maximum Gasteiger partial charge on any atom is 0.0963 e. The van der Waals surface area contributed by atoms with E-state index in [0.717, 1.165) is 24.3 Å². The van der Waals surface area contributed by atoms with Gasteiger partial charge in [0, 0.05) is 0 Å². The first kappa shape index (κ1) is 9.97. The van der Waals surface area contributed by atoms with Gasteiger partial charge in [-0.3, -0.25) is 0 Å². The first-order valence-corrected chi connectivity index (χ1v) is 5.67. The molecule has 0 aromatic heterocycles. The van der Waals surface area contributed by atoms with Crippen molar-refractivity contribution in [2.45, 2.75) is 45.6 Å². The largest absolute Gasteiger partial charge is 0.384 e. The third-order valence-electron chi connectivity index (χ3n) is 3.82. The van der Waals surface area contributed by atoms with E-state index in [1.54, 1.807) is 0 Å². The molecular weight excluding hydrogens is 172 g/mol. The molecule has 0 amide bonds. The van der Waals surface area contributed by atoms with Gasteiger partial charge < -0.3 is 5.11 Å². The predicted octanol–water partition coefficient (Wildman–Crippen LogP) is 3.06. The molecule has 14 heavy (non-hydrogen) atoms. The summed E-state index contributed by atoms with van der Waals surface area (Å²) in [6.45, 7) is 8.49. The highest BCUT2D eigenvalue weighted by atomic mass is 16.3. The Labute approximate surface area is 86.5 Å². The van der Waals surface area contributed by atoms with E-state index in [2.05, 4.69) is 20.4 Å². The van der Waals surface area contributed by atoms with Crippen LogP contribution in [0.3, 0.4) is 0 Å². The molecule has 1 N–H and O–H groups in total. The normalized spacial score (nSPS) is 38.5. The van der Waals surface area contributed by atoms with Crippen LogP contribution < -0.4 is 0 Å². The van der Waals surface area contributed by atoms with Crippen molar-refractivity contribution in [3.8, 4) is 0 Å². The summed E-state index contributed by atoms with van der Waals surface area (Å²) in [5, 5.41) is 10.1. The fourth-order valence-corrected chi connectivity index (χ4v) is 2.77. The minimum Gasteiger partial charge on any atom is -0.384 e. The van der Waals surface area contributed by atoms with Crippen LogP contribution in [0.15, 0.2) is 23.3 Å². The summed E-state index contributed by atoms with van der Waals surface area (Å²) in [6, 6.07) is 0. The van der Waals surface area contributed by atoms with Crippen molar-refractivity contribution in [2.75, 3.05) is 0 Å². The average Bonchev–Trinajstić information content (AvgIpc) is 2.14. The highest BCUT2D eigenvalue weighted by Crippen LogP contribution is 2.41. The van der Waals surface area contributed by atoms with Gasteiger partial charge in [0.1, 0.15) is 0 Å². The summed E-state index contributed by atoms with van der Waals surface area (Å²) in [6.07, 6.45) is 4.32. The molecule has 0 saturated carbocycles. The smallest absolute Gasteiger partial charge is 0.0963 e. The van der Waals surface area contributed by atoms with Crippen molar-refractivity contribution in [1.82, 2.24) is 0 Å². The Balaban J connectivity index is 2.28.